The molecule has 1 aliphatic heterocycles. The van der Waals surface area contributed by atoms with E-state index in [1.165, 1.54) is 6.42 Å². The van der Waals surface area contributed by atoms with Crippen LogP contribution in [0, 0.1) is 5.92 Å². The van der Waals surface area contributed by atoms with Crippen LogP contribution >= 0.6 is 0 Å². The van der Waals surface area contributed by atoms with E-state index in [-0.39, 0.29) is 17.7 Å². The lowest BCUT2D eigenvalue weighted by molar-refractivity contribution is -0.118. The van der Waals surface area contributed by atoms with Crippen molar-refractivity contribution in [1.29, 1.82) is 0 Å². The Bertz CT molecular complexity index is 1200. The monoisotopic (exact) mass is 419 g/mol. The van der Waals surface area contributed by atoms with Gasteiger partial charge in [0.05, 0.1) is 29.8 Å². The number of aromatic nitrogens is 3. The zero-order chi connectivity index (χ0) is 21.5. The first kappa shape index (κ1) is 19.5. The van der Waals surface area contributed by atoms with Crippen LogP contribution in [0.5, 0.6) is 0 Å². The molecule has 1 saturated carbocycles. The number of anilines is 1. The Morgan fingerprint density at radius 3 is 2.84 bits per heavy atom. The van der Waals surface area contributed by atoms with Crippen molar-refractivity contribution in [3.05, 3.63) is 35.8 Å². The van der Waals surface area contributed by atoms with Gasteiger partial charge in [0, 0.05) is 35.4 Å². The number of hydrogen-bond acceptors (Lipinski definition) is 5. The standard InChI is InChI=1S/C22H25N7O2/c1-29-10-17(24-11-29)20-15-9-25-28-21(30)14-7-13(8-16(27-20)18(14)15)26-22(31)19(23)12-5-3-2-4-6-12/h7-12,19,27H,2-6,23H2,1H3,(H,26,31)(H,28,30)/t19-/m1/s1. The molecule has 1 atom stereocenters. The molecule has 5 N–H and O–H groups in total. The summed E-state index contributed by atoms with van der Waals surface area (Å²) in [7, 11) is 1.89. The molecule has 0 saturated heterocycles. The fraction of sp³-hybridized carbons (Fsp3) is 0.364. The zero-order valence-corrected chi connectivity index (χ0v) is 17.3. The second kappa shape index (κ2) is 7.66. The summed E-state index contributed by atoms with van der Waals surface area (Å²) in [5.41, 5.74) is 12.8. The van der Waals surface area contributed by atoms with Crippen molar-refractivity contribution in [2.24, 2.45) is 23.8 Å². The number of rotatable bonds is 4. The lowest BCUT2D eigenvalue weighted by atomic mass is 9.84. The Hall–Kier alpha value is -3.46. The van der Waals surface area contributed by atoms with Gasteiger partial charge in [0.15, 0.2) is 0 Å². The summed E-state index contributed by atoms with van der Waals surface area (Å²) in [5.74, 6) is -0.358. The molecule has 2 aliphatic rings. The van der Waals surface area contributed by atoms with E-state index >= 15 is 0 Å². The van der Waals surface area contributed by atoms with Crippen LogP contribution in [-0.2, 0) is 11.8 Å². The van der Waals surface area contributed by atoms with E-state index in [0.717, 1.165) is 53.5 Å². The Morgan fingerprint density at radius 1 is 1.29 bits per heavy atom. The molecule has 3 heterocycles. The molecule has 0 radical (unpaired) electrons. The summed E-state index contributed by atoms with van der Waals surface area (Å²) < 4.78 is 1.85. The van der Waals surface area contributed by atoms with Crippen LogP contribution in [0.1, 0.15) is 48.0 Å². The number of H-pyrrole nitrogens is 1. The summed E-state index contributed by atoms with van der Waals surface area (Å²) in [6, 6.07) is 2.94. The normalized spacial score (nSPS) is 17.4. The van der Waals surface area contributed by atoms with E-state index in [1.807, 2.05) is 23.9 Å². The molecule has 1 aromatic carbocycles. The molecule has 0 bridgehead atoms. The molecule has 9 heteroatoms. The Kier molecular flexibility index (Phi) is 4.82. The van der Waals surface area contributed by atoms with Crippen molar-refractivity contribution in [3.63, 3.8) is 0 Å². The molecule has 9 nitrogen and oxygen atoms in total. The Balaban J connectivity index is 1.53. The number of amides is 2. The zero-order valence-electron chi connectivity index (χ0n) is 17.3. The van der Waals surface area contributed by atoms with Crippen molar-refractivity contribution in [1.82, 2.24) is 20.0 Å². The average molecular weight is 419 g/mol. The number of carbonyl (C=O) groups is 2. The third-order valence-corrected chi connectivity index (χ3v) is 6.23. The van der Waals surface area contributed by atoms with Crippen molar-refractivity contribution >= 4 is 34.6 Å². The van der Waals surface area contributed by atoms with E-state index in [4.69, 9.17) is 5.73 Å². The van der Waals surface area contributed by atoms with E-state index < -0.39 is 6.04 Å². The molecule has 1 fully saturated rings. The summed E-state index contributed by atoms with van der Waals surface area (Å²) in [6.45, 7) is 0. The van der Waals surface area contributed by atoms with Crippen molar-refractivity contribution < 1.29 is 9.59 Å². The second-order valence-electron chi connectivity index (χ2n) is 8.40. The van der Waals surface area contributed by atoms with Crippen LogP contribution in [0.25, 0.3) is 22.3 Å². The number of nitrogens with zero attached hydrogens (tertiary/aromatic N) is 3. The maximum Gasteiger partial charge on any atom is 0.272 e. The molecule has 0 spiro atoms. The number of hydrazone groups is 1. The maximum atomic E-state index is 12.8. The lowest BCUT2D eigenvalue weighted by Crippen LogP contribution is -2.42. The average Bonchev–Trinajstić information content (AvgIpc) is 3.31. The number of carbonyl (C=O) groups excluding carboxylic acids is 2. The summed E-state index contributed by atoms with van der Waals surface area (Å²) in [5, 5.41) is 7.71. The van der Waals surface area contributed by atoms with Crippen LogP contribution in [-0.4, -0.2) is 38.6 Å². The summed E-state index contributed by atoms with van der Waals surface area (Å²) >= 11 is 0. The highest BCUT2D eigenvalue weighted by atomic mass is 16.2. The first-order chi connectivity index (χ1) is 15.0. The molecule has 31 heavy (non-hydrogen) atoms. The molecule has 2 amide bonds. The van der Waals surface area contributed by atoms with Gasteiger partial charge in [-0.2, -0.15) is 5.10 Å². The van der Waals surface area contributed by atoms with Crippen LogP contribution in [0.15, 0.2) is 29.8 Å². The highest BCUT2D eigenvalue weighted by Crippen LogP contribution is 2.34. The fourth-order valence-electron chi connectivity index (χ4n) is 4.63. The van der Waals surface area contributed by atoms with Gasteiger partial charge < -0.3 is 20.6 Å². The number of hydrogen-bond donors (Lipinski definition) is 4. The van der Waals surface area contributed by atoms with Crippen LogP contribution in [0.2, 0.25) is 0 Å². The van der Waals surface area contributed by atoms with Gasteiger partial charge in [-0.1, -0.05) is 19.3 Å². The van der Waals surface area contributed by atoms with E-state index in [2.05, 4.69) is 25.8 Å². The van der Waals surface area contributed by atoms with Gasteiger partial charge in [0.1, 0.15) is 5.69 Å². The van der Waals surface area contributed by atoms with Crippen molar-refractivity contribution in [2.75, 3.05) is 5.32 Å². The minimum absolute atomic E-state index is 0.198. The smallest absolute Gasteiger partial charge is 0.272 e. The first-order valence-corrected chi connectivity index (χ1v) is 10.6. The third-order valence-electron chi connectivity index (χ3n) is 6.23. The molecular formula is C22H25N7O2. The highest BCUT2D eigenvalue weighted by Gasteiger charge is 2.27. The SMILES string of the molecule is Cn1cnc(-c2[nH]c3cc(NC(=O)[C@H](N)C4CCCCC4)cc4c3c2C=NNC4=O)c1. The third kappa shape index (κ3) is 3.50. The number of imidazole rings is 1. The second-order valence-corrected chi connectivity index (χ2v) is 8.40. The predicted octanol–water partition coefficient (Wildman–Crippen LogP) is 2.49. The number of benzene rings is 1. The van der Waals surface area contributed by atoms with Gasteiger partial charge >= 0.3 is 0 Å². The van der Waals surface area contributed by atoms with Gasteiger partial charge in [-0.3, -0.25) is 9.59 Å². The Morgan fingerprint density at radius 2 is 2.10 bits per heavy atom. The molecule has 160 valence electrons. The van der Waals surface area contributed by atoms with Gasteiger partial charge in [0.2, 0.25) is 5.91 Å². The topological polar surface area (TPSA) is 130 Å². The van der Waals surface area contributed by atoms with E-state index in [0.29, 0.717) is 11.3 Å². The molecule has 1 aliphatic carbocycles. The van der Waals surface area contributed by atoms with Crippen LogP contribution in [0.4, 0.5) is 5.69 Å². The number of nitrogens with two attached hydrogens (primary N) is 1. The van der Waals surface area contributed by atoms with Crippen molar-refractivity contribution in [2.45, 2.75) is 38.1 Å². The first-order valence-electron chi connectivity index (χ1n) is 10.6. The van der Waals surface area contributed by atoms with Crippen molar-refractivity contribution in [3.8, 4) is 11.4 Å². The fourth-order valence-corrected chi connectivity index (χ4v) is 4.63. The molecular weight excluding hydrogens is 394 g/mol. The number of aryl methyl sites for hydroxylation is 1. The highest BCUT2D eigenvalue weighted by molar-refractivity contribution is 6.18. The van der Waals surface area contributed by atoms with Gasteiger partial charge in [0.25, 0.3) is 5.91 Å². The summed E-state index contributed by atoms with van der Waals surface area (Å²) in [4.78, 5) is 33.3. The lowest BCUT2D eigenvalue weighted by Gasteiger charge is -2.26. The molecule has 5 rings (SSSR count). The Labute approximate surface area is 179 Å². The largest absolute Gasteiger partial charge is 0.353 e. The summed E-state index contributed by atoms with van der Waals surface area (Å²) in [6.07, 6.45) is 10.6. The minimum atomic E-state index is -0.560. The number of nitrogens with one attached hydrogen (secondary N) is 3. The molecule has 0 unspecified atom stereocenters. The van der Waals surface area contributed by atoms with Crippen LogP contribution < -0.4 is 16.5 Å². The van der Waals surface area contributed by atoms with Gasteiger partial charge in [-0.15, -0.1) is 0 Å². The van der Waals surface area contributed by atoms with Gasteiger partial charge in [-0.25, -0.2) is 10.4 Å². The van der Waals surface area contributed by atoms with Gasteiger partial charge in [-0.05, 0) is 30.9 Å². The number of aromatic amines is 1. The van der Waals surface area contributed by atoms with E-state index in [1.54, 1.807) is 18.6 Å². The molecule has 2 aromatic heterocycles. The predicted molar refractivity (Wildman–Crippen MR) is 119 cm³/mol. The minimum Gasteiger partial charge on any atom is -0.353 e. The molecule has 3 aromatic rings. The van der Waals surface area contributed by atoms with Crippen LogP contribution in [0.3, 0.4) is 0 Å². The van der Waals surface area contributed by atoms with E-state index in [9.17, 15) is 9.59 Å². The maximum absolute atomic E-state index is 12.8. The quantitative estimate of drug-likeness (QED) is 0.517.